The second-order valence-electron chi connectivity index (χ2n) is 2.02. The van der Waals surface area contributed by atoms with E-state index in [1.165, 1.54) is 13.2 Å². The van der Waals surface area contributed by atoms with Crippen LogP contribution in [0.3, 0.4) is 0 Å². The summed E-state index contributed by atoms with van der Waals surface area (Å²) in [6, 6.07) is 2.40. The third-order valence-corrected chi connectivity index (χ3v) is 1.19. The van der Waals surface area contributed by atoms with Crippen LogP contribution in [0.1, 0.15) is 5.56 Å². The van der Waals surface area contributed by atoms with Crippen molar-refractivity contribution in [3.63, 3.8) is 0 Å². The second kappa shape index (κ2) is 3.39. The molecule has 1 aromatic rings. The zero-order chi connectivity index (χ0) is 8.27. The Morgan fingerprint density at radius 2 is 2.18 bits per heavy atom. The average Bonchev–Trinajstić information content (AvgIpc) is 1.95. The Labute approximate surface area is 62.8 Å². The van der Waals surface area contributed by atoms with Crippen LogP contribution in [-0.2, 0) is 11.3 Å². The molecule has 1 heterocycles. The lowest BCUT2D eigenvalue weighted by Crippen LogP contribution is -1.97. The van der Waals surface area contributed by atoms with Gasteiger partial charge in [0.05, 0.1) is 6.61 Å². The number of hydrogen-bond donors (Lipinski definition) is 0. The van der Waals surface area contributed by atoms with Gasteiger partial charge in [-0.3, -0.25) is 0 Å². The third-order valence-electron chi connectivity index (χ3n) is 1.19. The summed E-state index contributed by atoms with van der Waals surface area (Å²) in [6.07, 6.45) is 0. The van der Waals surface area contributed by atoms with E-state index in [0.29, 0.717) is 0 Å². The molecule has 0 saturated carbocycles. The number of ether oxygens (including phenoxy) is 1. The molecule has 0 bridgehead atoms. The standard InChI is InChI=1S/C7H7F2NO/c1-11-4-5-2-3-6(8)10-7(5)9/h2-3H,4H2,1H3. The molecule has 0 N–H and O–H groups in total. The highest BCUT2D eigenvalue weighted by molar-refractivity contribution is 5.09. The van der Waals surface area contributed by atoms with Crippen LogP contribution in [0, 0.1) is 11.9 Å². The summed E-state index contributed by atoms with van der Waals surface area (Å²) in [5.41, 5.74) is 0.258. The van der Waals surface area contributed by atoms with Crippen molar-refractivity contribution < 1.29 is 13.5 Å². The van der Waals surface area contributed by atoms with Crippen molar-refractivity contribution in [3.8, 4) is 0 Å². The Hall–Kier alpha value is -1.03. The molecule has 0 radical (unpaired) electrons. The molecule has 0 saturated heterocycles. The van der Waals surface area contributed by atoms with E-state index in [1.54, 1.807) is 0 Å². The first kappa shape index (κ1) is 8.07. The van der Waals surface area contributed by atoms with Crippen molar-refractivity contribution >= 4 is 0 Å². The van der Waals surface area contributed by atoms with E-state index in [9.17, 15) is 8.78 Å². The van der Waals surface area contributed by atoms with Gasteiger partial charge in [-0.1, -0.05) is 0 Å². The van der Waals surface area contributed by atoms with Crippen LogP contribution in [0.25, 0.3) is 0 Å². The molecule has 0 aliphatic carbocycles. The number of methoxy groups -OCH3 is 1. The Balaban J connectivity index is 2.90. The molecule has 0 amide bonds. The fourth-order valence-corrected chi connectivity index (χ4v) is 0.704. The summed E-state index contributed by atoms with van der Waals surface area (Å²) in [4.78, 5) is 2.98. The molecular weight excluding hydrogens is 152 g/mol. The lowest BCUT2D eigenvalue weighted by molar-refractivity contribution is 0.180. The van der Waals surface area contributed by atoms with E-state index in [0.717, 1.165) is 6.07 Å². The van der Waals surface area contributed by atoms with Crippen LogP contribution in [0.4, 0.5) is 8.78 Å². The van der Waals surface area contributed by atoms with Gasteiger partial charge in [-0.05, 0) is 12.1 Å². The van der Waals surface area contributed by atoms with Crippen molar-refractivity contribution in [2.45, 2.75) is 6.61 Å². The smallest absolute Gasteiger partial charge is 0.221 e. The first-order valence-corrected chi connectivity index (χ1v) is 3.04. The highest BCUT2D eigenvalue weighted by Crippen LogP contribution is 2.05. The summed E-state index contributed by atoms with van der Waals surface area (Å²) >= 11 is 0. The number of rotatable bonds is 2. The third kappa shape index (κ3) is 1.94. The molecule has 60 valence electrons. The summed E-state index contributed by atoms with van der Waals surface area (Å²) in [5, 5.41) is 0. The Morgan fingerprint density at radius 1 is 1.45 bits per heavy atom. The van der Waals surface area contributed by atoms with E-state index in [4.69, 9.17) is 0 Å². The summed E-state index contributed by atoms with van der Waals surface area (Å²) in [7, 11) is 1.43. The van der Waals surface area contributed by atoms with Gasteiger partial charge in [0, 0.05) is 12.7 Å². The maximum Gasteiger partial charge on any atom is 0.221 e. The van der Waals surface area contributed by atoms with Gasteiger partial charge < -0.3 is 4.74 Å². The second-order valence-corrected chi connectivity index (χ2v) is 2.02. The molecular formula is C7H7F2NO. The minimum atomic E-state index is -0.817. The van der Waals surface area contributed by atoms with Crippen molar-refractivity contribution in [1.82, 2.24) is 4.98 Å². The minimum Gasteiger partial charge on any atom is -0.380 e. The normalized spacial score (nSPS) is 10.1. The maximum absolute atomic E-state index is 12.6. The predicted molar refractivity (Wildman–Crippen MR) is 34.9 cm³/mol. The van der Waals surface area contributed by atoms with Crippen LogP contribution in [0.5, 0.6) is 0 Å². The van der Waals surface area contributed by atoms with Gasteiger partial charge in [0.1, 0.15) is 0 Å². The summed E-state index contributed by atoms with van der Waals surface area (Å²) < 4.78 is 29.4. The van der Waals surface area contributed by atoms with E-state index in [-0.39, 0.29) is 12.2 Å². The highest BCUT2D eigenvalue weighted by Gasteiger charge is 2.03. The Bertz CT molecular complexity index is 252. The molecule has 0 aliphatic rings. The molecule has 2 nitrogen and oxygen atoms in total. The van der Waals surface area contributed by atoms with Crippen LogP contribution >= 0.6 is 0 Å². The largest absolute Gasteiger partial charge is 0.380 e. The van der Waals surface area contributed by atoms with Crippen LogP contribution < -0.4 is 0 Å². The van der Waals surface area contributed by atoms with E-state index >= 15 is 0 Å². The topological polar surface area (TPSA) is 22.1 Å². The molecule has 0 atom stereocenters. The van der Waals surface area contributed by atoms with Gasteiger partial charge in [0.2, 0.25) is 11.9 Å². The molecule has 1 rings (SSSR count). The monoisotopic (exact) mass is 159 g/mol. The van der Waals surface area contributed by atoms with Gasteiger partial charge in [0.25, 0.3) is 0 Å². The lowest BCUT2D eigenvalue weighted by Gasteiger charge is -1.98. The van der Waals surface area contributed by atoms with Crippen molar-refractivity contribution in [2.24, 2.45) is 0 Å². The van der Waals surface area contributed by atoms with E-state index < -0.39 is 11.9 Å². The first-order valence-electron chi connectivity index (χ1n) is 3.04. The van der Waals surface area contributed by atoms with Crippen molar-refractivity contribution in [3.05, 3.63) is 29.6 Å². The van der Waals surface area contributed by atoms with Crippen molar-refractivity contribution in [2.75, 3.05) is 7.11 Å². The van der Waals surface area contributed by atoms with Gasteiger partial charge in [0.15, 0.2) is 0 Å². The predicted octanol–water partition coefficient (Wildman–Crippen LogP) is 1.51. The first-order chi connectivity index (χ1) is 5.24. The quantitative estimate of drug-likeness (QED) is 0.610. The maximum atomic E-state index is 12.6. The number of halogens is 2. The number of nitrogens with zero attached hydrogens (tertiary/aromatic N) is 1. The Morgan fingerprint density at radius 3 is 2.73 bits per heavy atom. The number of aromatic nitrogens is 1. The van der Waals surface area contributed by atoms with E-state index in [2.05, 4.69) is 9.72 Å². The fourth-order valence-electron chi connectivity index (χ4n) is 0.704. The van der Waals surface area contributed by atoms with Crippen LogP contribution in [0.2, 0.25) is 0 Å². The molecule has 0 aliphatic heterocycles. The SMILES string of the molecule is COCc1ccc(F)nc1F. The lowest BCUT2D eigenvalue weighted by atomic mass is 10.3. The van der Waals surface area contributed by atoms with Crippen LogP contribution in [0.15, 0.2) is 12.1 Å². The molecule has 0 spiro atoms. The van der Waals surface area contributed by atoms with Crippen LogP contribution in [-0.4, -0.2) is 12.1 Å². The van der Waals surface area contributed by atoms with Gasteiger partial charge >= 0.3 is 0 Å². The summed E-state index contributed by atoms with van der Waals surface area (Å²) in [6.45, 7) is 0.110. The van der Waals surface area contributed by atoms with Crippen molar-refractivity contribution in [1.29, 1.82) is 0 Å². The number of hydrogen-bond acceptors (Lipinski definition) is 2. The molecule has 1 aromatic heterocycles. The Kier molecular flexibility index (Phi) is 2.48. The fraction of sp³-hybridized carbons (Fsp3) is 0.286. The molecule has 0 aromatic carbocycles. The van der Waals surface area contributed by atoms with E-state index in [1.807, 2.05) is 0 Å². The zero-order valence-electron chi connectivity index (χ0n) is 5.97. The number of pyridine rings is 1. The van der Waals surface area contributed by atoms with Gasteiger partial charge in [-0.15, -0.1) is 0 Å². The molecule has 0 fully saturated rings. The minimum absolute atomic E-state index is 0.110. The molecule has 4 heteroatoms. The zero-order valence-corrected chi connectivity index (χ0v) is 5.97. The molecule has 11 heavy (non-hydrogen) atoms. The summed E-state index contributed by atoms with van der Waals surface area (Å²) in [5.74, 6) is -1.63. The van der Waals surface area contributed by atoms with Gasteiger partial charge in [-0.2, -0.15) is 13.8 Å². The molecule has 0 unspecified atom stereocenters. The highest BCUT2D eigenvalue weighted by atomic mass is 19.1. The average molecular weight is 159 g/mol. The van der Waals surface area contributed by atoms with Gasteiger partial charge in [-0.25, -0.2) is 0 Å².